The van der Waals surface area contributed by atoms with Gasteiger partial charge in [0.1, 0.15) is 12.1 Å². The highest BCUT2D eigenvalue weighted by Crippen LogP contribution is 2.12. The van der Waals surface area contributed by atoms with E-state index >= 15 is 0 Å². The normalized spacial score (nSPS) is 11.1. The topological polar surface area (TPSA) is 92.0 Å². The molecule has 2 aromatic rings. The van der Waals surface area contributed by atoms with Crippen molar-refractivity contribution in [1.82, 2.24) is 14.3 Å². The minimum Gasteiger partial charge on any atom is -0.480 e. The molecular weight excluding hydrogens is 306 g/mol. The Morgan fingerprint density at radius 1 is 1.45 bits per heavy atom. The van der Waals surface area contributed by atoms with Crippen molar-refractivity contribution < 1.29 is 14.7 Å². The molecule has 2 rings (SSSR count). The number of carboxylic acids is 1. The summed E-state index contributed by atoms with van der Waals surface area (Å²) in [7, 11) is 0. The SMILES string of the molecule is Cc1csc2ncc(C(=O)N(CC(=O)O)CC(C)C)c(=O)n12. The van der Waals surface area contributed by atoms with E-state index in [2.05, 4.69) is 4.98 Å². The summed E-state index contributed by atoms with van der Waals surface area (Å²) in [6.45, 7) is 5.32. The van der Waals surface area contributed by atoms with E-state index in [0.29, 0.717) is 10.7 Å². The molecule has 0 fully saturated rings. The Kier molecular flexibility index (Phi) is 4.60. The Morgan fingerprint density at radius 2 is 2.14 bits per heavy atom. The van der Waals surface area contributed by atoms with Gasteiger partial charge < -0.3 is 10.0 Å². The first kappa shape index (κ1) is 16.2. The molecule has 0 aliphatic carbocycles. The number of carboxylic acid groups (broad SMARTS) is 1. The Labute approximate surface area is 130 Å². The highest BCUT2D eigenvalue weighted by atomic mass is 32.1. The summed E-state index contributed by atoms with van der Waals surface area (Å²) < 4.78 is 1.37. The van der Waals surface area contributed by atoms with Crippen LogP contribution in [0.3, 0.4) is 0 Å². The molecule has 0 spiro atoms. The van der Waals surface area contributed by atoms with Crippen molar-refractivity contribution in [2.45, 2.75) is 20.8 Å². The smallest absolute Gasteiger partial charge is 0.323 e. The molecule has 0 aromatic carbocycles. The summed E-state index contributed by atoms with van der Waals surface area (Å²) in [4.78, 5) is 41.7. The van der Waals surface area contributed by atoms with Crippen LogP contribution in [0.2, 0.25) is 0 Å². The molecule has 118 valence electrons. The lowest BCUT2D eigenvalue weighted by atomic mass is 10.2. The highest BCUT2D eigenvalue weighted by Gasteiger charge is 2.23. The van der Waals surface area contributed by atoms with Gasteiger partial charge in [0.2, 0.25) is 0 Å². The molecule has 8 heteroatoms. The van der Waals surface area contributed by atoms with Crippen molar-refractivity contribution in [2.24, 2.45) is 5.92 Å². The van der Waals surface area contributed by atoms with Crippen LogP contribution in [0.15, 0.2) is 16.4 Å². The largest absolute Gasteiger partial charge is 0.480 e. The minimum absolute atomic E-state index is 0.0885. The van der Waals surface area contributed by atoms with Crippen LogP contribution in [-0.2, 0) is 4.79 Å². The molecule has 22 heavy (non-hydrogen) atoms. The third-order valence-electron chi connectivity index (χ3n) is 3.05. The molecule has 0 radical (unpaired) electrons. The Morgan fingerprint density at radius 3 is 2.73 bits per heavy atom. The number of aryl methyl sites for hydroxylation is 1. The molecule has 1 amide bonds. The van der Waals surface area contributed by atoms with Gasteiger partial charge in [0.05, 0.1) is 0 Å². The monoisotopic (exact) mass is 323 g/mol. The fraction of sp³-hybridized carbons (Fsp3) is 0.429. The second-order valence-corrected chi connectivity index (χ2v) is 6.28. The lowest BCUT2D eigenvalue weighted by Gasteiger charge is -2.22. The van der Waals surface area contributed by atoms with Crippen molar-refractivity contribution >= 4 is 28.2 Å². The van der Waals surface area contributed by atoms with Gasteiger partial charge >= 0.3 is 5.97 Å². The Balaban J connectivity index is 2.46. The number of hydrogen-bond acceptors (Lipinski definition) is 5. The van der Waals surface area contributed by atoms with Gasteiger partial charge in [0, 0.05) is 23.8 Å². The molecule has 0 atom stereocenters. The zero-order valence-corrected chi connectivity index (χ0v) is 13.4. The van der Waals surface area contributed by atoms with Crippen molar-refractivity contribution in [3.05, 3.63) is 33.2 Å². The summed E-state index contributed by atoms with van der Waals surface area (Å²) in [5.74, 6) is -1.63. The number of carbonyl (C=O) groups is 2. The fourth-order valence-electron chi connectivity index (χ4n) is 2.17. The first-order chi connectivity index (χ1) is 10.3. The van der Waals surface area contributed by atoms with E-state index < -0.39 is 24.0 Å². The van der Waals surface area contributed by atoms with Crippen LogP contribution in [0.25, 0.3) is 4.96 Å². The van der Waals surface area contributed by atoms with Crippen molar-refractivity contribution in [3.63, 3.8) is 0 Å². The molecule has 1 N–H and O–H groups in total. The predicted molar refractivity (Wildman–Crippen MR) is 82.5 cm³/mol. The maximum atomic E-state index is 12.5. The van der Waals surface area contributed by atoms with E-state index in [0.717, 1.165) is 0 Å². The third kappa shape index (κ3) is 3.16. The van der Waals surface area contributed by atoms with Gasteiger partial charge in [-0.05, 0) is 12.8 Å². The maximum Gasteiger partial charge on any atom is 0.323 e. The van der Waals surface area contributed by atoms with E-state index in [1.807, 2.05) is 13.8 Å². The number of fused-ring (bicyclic) bond motifs is 1. The number of rotatable bonds is 5. The van der Waals surface area contributed by atoms with Gasteiger partial charge in [-0.1, -0.05) is 13.8 Å². The first-order valence-electron chi connectivity index (χ1n) is 6.78. The van der Waals surface area contributed by atoms with E-state index in [-0.39, 0.29) is 18.0 Å². The lowest BCUT2D eigenvalue weighted by Crippen LogP contribution is -2.41. The fourth-order valence-corrected chi connectivity index (χ4v) is 2.99. The number of carbonyl (C=O) groups excluding carboxylic acids is 1. The maximum absolute atomic E-state index is 12.5. The van der Waals surface area contributed by atoms with Gasteiger partial charge in [0.25, 0.3) is 11.5 Å². The summed E-state index contributed by atoms with van der Waals surface area (Å²) in [5.41, 5.74) is 0.120. The van der Waals surface area contributed by atoms with E-state index in [4.69, 9.17) is 5.11 Å². The van der Waals surface area contributed by atoms with Gasteiger partial charge in [0.15, 0.2) is 4.96 Å². The van der Waals surface area contributed by atoms with Gasteiger partial charge in [-0.25, -0.2) is 4.98 Å². The van der Waals surface area contributed by atoms with Crippen molar-refractivity contribution in [1.29, 1.82) is 0 Å². The molecule has 2 aromatic heterocycles. The van der Waals surface area contributed by atoms with Gasteiger partial charge in [-0.3, -0.25) is 18.8 Å². The number of hydrogen-bond donors (Lipinski definition) is 1. The number of aromatic nitrogens is 2. The van der Waals surface area contributed by atoms with Gasteiger partial charge in [-0.15, -0.1) is 11.3 Å². The third-order valence-corrected chi connectivity index (χ3v) is 4.00. The second-order valence-electron chi connectivity index (χ2n) is 5.45. The van der Waals surface area contributed by atoms with Crippen molar-refractivity contribution in [2.75, 3.05) is 13.1 Å². The zero-order valence-electron chi connectivity index (χ0n) is 12.6. The molecule has 2 heterocycles. The molecule has 0 aliphatic rings. The molecule has 0 unspecified atom stereocenters. The van der Waals surface area contributed by atoms with E-state index in [1.165, 1.54) is 26.8 Å². The molecule has 0 aliphatic heterocycles. The Hall–Kier alpha value is -2.22. The molecular formula is C14H17N3O4S. The second kappa shape index (κ2) is 6.27. The van der Waals surface area contributed by atoms with Crippen LogP contribution < -0.4 is 5.56 Å². The molecule has 0 bridgehead atoms. The minimum atomic E-state index is -1.12. The molecule has 7 nitrogen and oxygen atoms in total. The van der Waals surface area contributed by atoms with Crippen LogP contribution in [0, 0.1) is 12.8 Å². The lowest BCUT2D eigenvalue weighted by molar-refractivity contribution is -0.137. The molecule has 0 saturated carbocycles. The molecule has 0 saturated heterocycles. The standard InChI is InChI=1S/C14H17N3O4S/c1-8(2)5-16(6-11(18)19)12(20)10-4-15-14-17(13(10)21)9(3)7-22-14/h4,7-8H,5-6H2,1-3H3,(H,18,19). The van der Waals surface area contributed by atoms with Crippen LogP contribution >= 0.6 is 11.3 Å². The number of nitrogens with zero attached hydrogens (tertiary/aromatic N) is 3. The zero-order chi connectivity index (χ0) is 16.4. The van der Waals surface area contributed by atoms with Crippen LogP contribution in [-0.4, -0.2) is 44.4 Å². The quantitative estimate of drug-likeness (QED) is 0.894. The average Bonchev–Trinajstić information content (AvgIpc) is 2.79. The number of thiazole rings is 1. The van der Waals surface area contributed by atoms with E-state index in [1.54, 1.807) is 12.3 Å². The van der Waals surface area contributed by atoms with Crippen molar-refractivity contribution in [3.8, 4) is 0 Å². The van der Waals surface area contributed by atoms with Gasteiger partial charge in [-0.2, -0.15) is 0 Å². The highest BCUT2D eigenvalue weighted by molar-refractivity contribution is 7.15. The Bertz CT molecular complexity index is 778. The summed E-state index contributed by atoms with van der Waals surface area (Å²) in [5, 5.41) is 10.7. The van der Waals surface area contributed by atoms with Crippen LogP contribution in [0.4, 0.5) is 0 Å². The number of aliphatic carboxylic acids is 1. The van der Waals surface area contributed by atoms with Crippen LogP contribution in [0.1, 0.15) is 29.9 Å². The first-order valence-corrected chi connectivity index (χ1v) is 7.66. The number of amides is 1. The summed E-state index contributed by atoms with van der Waals surface area (Å²) in [6.07, 6.45) is 1.23. The summed E-state index contributed by atoms with van der Waals surface area (Å²) >= 11 is 1.31. The predicted octanol–water partition coefficient (Wildman–Crippen LogP) is 1.25. The average molecular weight is 323 g/mol. The summed E-state index contributed by atoms with van der Waals surface area (Å²) in [6, 6.07) is 0. The van der Waals surface area contributed by atoms with E-state index in [9.17, 15) is 14.4 Å². The van der Waals surface area contributed by atoms with Crippen LogP contribution in [0.5, 0.6) is 0 Å².